The molecule has 0 spiro atoms. The van der Waals surface area contributed by atoms with Crippen molar-refractivity contribution < 1.29 is 4.42 Å². The van der Waals surface area contributed by atoms with Crippen LogP contribution in [0.15, 0.2) is 211 Å². The maximum atomic E-state index is 6.21. The topological polar surface area (TPSA) is 23.0 Å². The third-order valence-electron chi connectivity index (χ3n) is 11.7. The molecule has 0 bridgehead atoms. The van der Waals surface area contributed by atoms with Crippen LogP contribution in [0.5, 0.6) is 0 Å². The second-order valence-corrected chi connectivity index (χ2v) is 14.9. The van der Waals surface area contributed by atoms with Gasteiger partial charge in [0.2, 0.25) is 0 Å². The fourth-order valence-corrected chi connectivity index (χ4v) is 9.00. The predicted octanol–water partition coefficient (Wildman–Crippen LogP) is 14.8. The number of benzene rings is 9. The Labute approximate surface area is 328 Å². The van der Waals surface area contributed by atoms with E-state index in [9.17, 15) is 0 Å². The highest BCUT2D eigenvalue weighted by atomic mass is 16.3. The lowest BCUT2D eigenvalue weighted by Crippen LogP contribution is -1.94. The molecule has 0 fully saturated rings. The average Bonchev–Trinajstić information content (AvgIpc) is 3.94. The molecule has 3 aromatic heterocycles. The highest BCUT2D eigenvalue weighted by Gasteiger charge is 2.17. The molecule has 57 heavy (non-hydrogen) atoms. The van der Waals surface area contributed by atoms with Crippen molar-refractivity contribution in [1.29, 1.82) is 0 Å². The molecular weight excluding hydrogens is 693 g/mol. The lowest BCUT2D eigenvalue weighted by Gasteiger charge is -2.11. The average molecular weight is 727 g/mol. The Morgan fingerprint density at radius 1 is 0.246 bits per heavy atom. The lowest BCUT2D eigenvalue weighted by atomic mass is 10.0. The SMILES string of the molecule is c1ccc(-c2ccc(-n3c4ccccc4c4cc(-c5ccc6c(c5)c5ccccc5n6-c5ccc(-c6ccc7c(c6)oc6ccccc67)cc5)ccc43)cc2)cc1. The Morgan fingerprint density at radius 2 is 0.649 bits per heavy atom. The Hall–Kier alpha value is -7.62. The van der Waals surface area contributed by atoms with Crippen LogP contribution in [0, 0.1) is 0 Å². The largest absolute Gasteiger partial charge is 0.456 e. The molecule has 3 heterocycles. The van der Waals surface area contributed by atoms with Crippen molar-refractivity contribution in [3.05, 3.63) is 206 Å². The van der Waals surface area contributed by atoms with Crippen molar-refractivity contribution in [2.45, 2.75) is 0 Å². The van der Waals surface area contributed by atoms with Gasteiger partial charge in [-0.05, 0) is 112 Å². The molecule has 0 atom stereocenters. The highest BCUT2D eigenvalue weighted by molar-refractivity contribution is 6.13. The van der Waals surface area contributed by atoms with E-state index in [-0.39, 0.29) is 0 Å². The van der Waals surface area contributed by atoms with Gasteiger partial charge in [0.15, 0.2) is 0 Å². The summed E-state index contributed by atoms with van der Waals surface area (Å²) in [5.74, 6) is 0. The van der Waals surface area contributed by atoms with Gasteiger partial charge in [0.05, 0.1) is 22.1 Å². The molecule has 9 aromatic carbocycles. The minimum Gasteiger partial charge on any atom is -0.456 e. The summed E-state index contributed by atoms with van der Waals surface area (Å²) < 4.78 is 11.0. The fourth-order valence-electron chi connectivity index (χ4n) is 9.00. The number of hydrogen-bond acceptors (Lipinski definition) is 1. The van der Waals surface area contributed by atoms with Crippen LogP contribution in [0.4, 0.5) is 0 Å². The highest BCUT2D eigenvalue weighted by Crippen LogP contribution is 2.39. The standard InChI is InChI=1S/C54H34N2O/c1-2-10-35(11-3-1)36-18-25-41(26-19-36)55-49-15-7-4-12-43(49)47-32-38(23-30-51(47)55)39-24-31-52-48(33-39)44-13-5-8-16-50(44)56(52)42-27-20-37(21-28-42)40-22-29-46-45-14-6-9-17-53(45)57-54(46)34-40/h1-34H. The van der Waals surface area contributed by atoms with Crippen LogP contribution in [-0.4, -0.2) is 9.13 Å². The first-order chi connectivity index (χ1) is 28.2. The van der Waals surface area contributed by atoms with Crippen LogP contribution in [0.25, 0.3) is 110 Å². The van der Waals surface area contributed by atoms with Crippen LogP contribution in [-0.2, 0) is 0 Å². The monoisotopic (exact) mass is 726 g/mol. The van der Waals surface area contributed by atoms with Crippen molar-refractivity contribution in [1.82, 2.24) is 9.13 Å². The van der Waals surface area contributed by atoms with E-state index in [1.165, 1.54) is 65.9 Å². The van der Waals surface area contributed by atoms with Gasteiger partial charge in [-0.1, -0.05) is 127 Å². The van der Waals surface area contributed by atoms with E-state index < -0.39 is 0 Å². The molecule has 0 amide bonds. The maximum Gasteiger partial charge on any atom is 0.136 e. The summed E-state index contributed by atoms with van der Waals surface area (Å²) in [4.78, 5) is 0. The maximum absolute atomic E-state index is 6.21. The molecule has 0 N–H and O–H groups in total. The Morgan fingerprint density at radius 3 is 1.25 bits per heavy atom. The quantitative estimate of drug-likeness (QED) is 0.173. The van der Waals surface area contributed by atoms with Crippen LogP contribution in [0.3, 0.4) is 0 Å². The number of hydrogen-bond donors (Lipinski definition) is 0. The Bertz CT molecular complexity index is 3490. The molecule has 0 radical (unpaired) electrons. The summed E-state index contributed by atoms with van der Waals surface area (Å²) in [6.07, 6.45) is 0. The van der Waals surface area contributed by atoms with Gasteiger partial charge in [-0.25, -0.2) is 0 Å². The van der Waals surface area contributed by atoms with E-state index in [0.29, 0.717) is 0 Å². The summed E-state index contributed by atoms with van der Waals surface area (Å²) in [5, 5.41) is 7.27. The molecule has 12 rings (SSSR count). The number of fused-ring (bicyclic) bond motifs is 9. The molecule has 0 saturated carbocycles. The number of para-hydroxylation sites is 3. The predicted molar refractivity (Wildman–Crippen MR) is 239 cm³/mol. The molecule has 0 unspecified atom stereocenters. The van der Waals surface area contributed by atoms with Crippen LogP contribution < -0.4 is 0 Å². The molecule has 0 saturated heterocycles. The molecule has 3 nitrogen and oxygen atoms in total. The van der Waals surface area contributed by atoms with Crippen molar-refractivity contribution in [3.63, 3.8) is 0 Å². The minimum atomic E-state index is 0.912. The van der Waals surface area contributed by atoms with Crippen molar-refractivity contribution >= 4 is 65.6 Å². The third kappa shape index (κ3) is 4.99. The van der Waals surface area contributed by atoms with Gasteiger partial charge in [0.1, 0.15) is 11.2 Å². The second-order valence-electron chi connectivity index (χ2n) is 14.9. The second kappa shape index (κ2) is 12.5. The fraction of sp³-hybridized carbons (Fsp3) is 0. The molecule has 266 valence electrons. The van der Waals surface area contributed by atoms with Gasteiger partial charge in [-0.2, -0.15) is 0 Å². The van der Waals surface area contributed by atoms with Crippen LogP contribution >= 0.6 is 0 Å². The molecule has 0 aliphatic rings. The van der Waals surface area contributed by atoms with Gasteiger partial charge in [-0.3, -0.25) is 0 Å². The first kappa shape index (κ1) is 31.7. The number of furan rings is 1. The van der Waals surface area contributed by atoms with E-state index in [4.69, 9.17) is 4.42 Å². The van der Waals surface area contributed by atoms with Gasteiger partial charge in [0.25, 0.3) is 0 Å². The van der Waals surface area contributed by atoms with E-state index >= 15 is 0 Å². The summed E-state index contributed by atoms with van der Waals surface area (Å²) in [6, 6.07) is 74.5. The summed E-state index contributed by atoms with van der Waals surface area (Å²) in [5.41, 5.74) is 16.0. The third-order valence-corrected chi connectivity index (χ3v) is 11.7. The number of nitrogens with zero attached hydrogens (tertiary/aromatic N) is 2. The molecule has 0 aliphatic carbocycles. The summed E-state index contributed by atoms with van der Waals surface area (Å²) >= 11 is 0. The van der Waals surface area contributed by atoms with Crippen molar-refractivity contribution in [2.75, 3.05) is 0 Å². The number of rotatable bonds is 5. The molecular formula is C54H34N2O. The zero-order chi connectivity index (χ0) is 37.5. The van der Waals surface area contributed by atoms with Gasteiger partial charge in [-0.15, -0.1) is 0 Å². The zero-order valence-corrected chi connectivity index (χ0v) is 30.9. The number of aromatic nitrogens is 2. The molecule has 12 aromatic rings. The van der Waals surface area contributed by atoms with E-state index in [1.54, 1.807) is 0 Å². The summed E-state index contributed by atoms with van der Waals surface area (Å²) in [6.45, 7) is 0. The zero-order valence-electron chi connectivity index (χ0n) is 30.9. The Balaban J connectivity index is 0.931. The van der Waals surface area contributed by atoms with Crippen LogP contribution in [0.1, 0.15) is 0 Å². The normalized spacial score (nSPS) is 11.9. The van der Waals surface area contributed by atoms with Gasteiger partial charge < -0.3 is 13.6 Å². The Kier molecular flexibility index (Phi) is 6.93. The lowest BCUT2D eigenvalue weighted by molar-refractivity contribution is 0.669. The van der Waals surface area contributed by atoms with Gasteiger partial charge >= 0.3 is 0 Å². The first-order valence-corrected chi connectivity index (χ1v) is 19.5. The van der Waals surface area contributed by atoms with E-state index in [2.05, 4.69) is 203 Å². The first-order valence-electron chi connectivity index (χ1n) is 19.5. The van der Waals surface area contributed by atoms with E-state index in [1.807, 2.05) is 12.1 Å². The minimum absolute atomic E-state index is 0.912. The van der Waals surface area contributed by atoms with Crippen molar-refractivity contribution in [2.24, 2.45) is 0 Å². The molecule has 3 heteroatoms. The van der Waals surface area contributed by atoms with E-state index in [0.717, 1.165) is 44.4 Å². The van der Waals surface area contributed by atoms with Gasteiger partial charge in [0, 0.05) is 43.7 Å². The summed E-state index contributed by atoms with van der Waals surface area (Å²) in [7, 11) is 0. The van der Waals surface area contributed by atoms with Crippen LogP contribution in [0.2, 0.25) is 0 Å². The van der Waals surface area contributed by atoms with Crippen molar-refractivity contribution in [3.8, 4) is 44.8 Å². The smallest absolute Gasteiger partial charge is 0.136 e. The molecule has 0 aliphatic heterocycles.